The van der Waals surface area contributed by atoms with Gasteiger partial charge in [0.15, 0.2) is 0 Å². The molecule has 2 N–H and O–H groups in total. The number of likely N-dealkylation sites (tertiary alicyclic amines) is 1. The average Bonchev–Trinajstić information content (AvgIpc) is 3.03. The van der Waals surface area contributed by atoms with Crippen LogP contribution in [0.4, 0.5) is 14.9 Å². The van der Waals surface area contributed by atoms with Crippen molar-refractivity contribution >= 4 is 11.7 Å². The lowest BCUT2D eigenvalue weighted by molar-refractivity contribution is 0.208. The number of carbonyl (C=O) groups is 1. The molecule has 2 heterocycles. The van der Waals surface area contributed by atoms with Crippen LogP contribution >= 0.6 is 0 Å². The number of urea groups is 1. The molecule has 2 atom stereocenters. The lowest BCUT2D eigenvalue weighted by Gasteiger charge is -2.30. The van der Waals surface area contributed by atoms with Crippen LogP contribution in [-0.4, -0.2) is 56.7 Å². The Labute approximate surface area is 143 Å². The Morgan fingerprint density at radius 1 is 1.21 bits per heavy atom. The molecule has 6 heteroatoms. The molecule has 0 unspecified atom stereocenters. The topological polar surface area (TPSA) is 47.6 Å². The summed E-state index contributed by atoms with van der Waals surface area (Å²) in [5.41, 5.74) is 1.05. The van der Waals surface area contributed by atoms with Crippen molar-refractivity contribution in [2.45, 2.75) is 25.3 Å². The zero-order chi connectivity index (χ0) is 16.9. The van der Waals surface area contributed by atoms with E-state index >= 15 is 0 Å². The van der Waals surface area contributed by atoms with Gasteiger partial charge in [-0.05, 0) is 63.0 Å². The molecule has 2 aliphatic rings. The van der Waals surface area contributed by atoms with Crippen molar-refractivity contribution in [3.05, 3.63) is 30.1 Å². The van der Waals surface area contributed by atoms with Gasteiger partial charge in [0.05, 0.1) is 0 Å². The molecule has 132 valence electrons. The molecule has 0 aliphatic carbocycles. The summed E-state index contributed by atoms with van der Waals surface area (Å²) in [6, 6.07) is 6.82. The zero-order valence-corrected chi connectivity index (χ0v) is 14.3. The Hall–Kier alpha value is -1.82. The molecule has 0 aromatic heterocycles. The number of rotatable bonds is 4. The first-order chi connectivity index (χ1) is 11.6. The maximum atomic E-state index is 13.0. The molecule has 0 saturated carbocycles. The maximum Gasteiger partial charge on any atom is 0.315 e. The summed E-state index contributed by atoms with van der Waals surface area (Å²) in [5.74, 6) is 0.232. The zero-order valence-electron chi connectivity index (χ0n) is 14.3. The normalized spacial score (nSPS) is 24.8. The predicted molar refractivity (Wildman–Crippen MR) is 93.8 cm³/mol. The minimum Gasteiger partial charge on any atom is -0.371 e. The van der Waals surface area contributed by atoms with E-state index in [1.54, 1.807) is 0 Å². The molecule has 2 fully saturated rings. The van der Waals surface area contributed by atoms with Gasteiger partial charge in [0.2, 0.25) is 0 Å². The molecule has 5 nitrogen and oxygen atoms in total. The van der Waals surface area contributed by atoms with Crippen molar-refractivity contribution in [1.82, 2.24) is 15.5 Å². The number of benzene rings is 1. The van der Waals surface area contributed by atoms with Crippen molar-refractivity contribution in [2.24, 2.45) is 5.92 Å². The van der Waals surface area contributed by atoms with Crippen molar-refractivity contribution in [2.75, 3.05) is 44.7 Å². The molecule has 2 saturated heterocycles. The highest BCUT2D eigenvalue weighted by Crippen LogP contribution is 2.23. The second-order valence-electron chi connectivity index (χ2n) is 7.03. The van der Waals surface area contributed by atoms with Gasteiger partial charge < -0.3 is 20.4 Å². The van der Waals surface area contributed by atoms with Gasteiger partial charge in [-0.25, -0.2) is 9.18 Å². The quantitative estimate of drug-likeness (QED) is 0.886. The van der Waals surface area contributed by atoms with E-state index in [1.807, 2.05) is 12.1 Å². The maximum absolute atomic E-state index is 13.0. The standard InChI is InChI=1S/C18H27FN4O/c1-22-9-2-3-16(13-22)21-18(24)20-11-14-8-10-23(12-14)17-6-4-15(19)5-7-17/h4-7,14,16H,2-3,8-13H2,1H3,(H2,20,21,24)/t14-,16-/m1/s1. The van der Waals surface area contributed by atoms with Crippen LogP contribution in [0, 0.1) is 11.7 Å². The summed E-state index contributed by atoms with van der Waals surface area (Å²) < 4.78 is 13.0. The molecule has 0 radical (unpaired) electrons. The van der Waals surface area contributed by atoms with Crippen molar-refractivity contribution < 1.29 is 9.18 Å². The Morgan fingerprint density at radius 3 is 2.75 bits per heavy atom. The molecular weight excluding hydrogens is 307 g/mol. The number of anilines is 1. The Morgan fingerprint density at radius 2 is 2.00 bits per heavy atom. The number of carbonyl (C=O) groups excluding carboxylic acids is 1. The first-order valence-electron chi connectivity index (χ1n) is 8.83. The van der Waals surface area contributed by atoms with Crippen LogP contribution < -0.4 is 15.5 Å². The van der Waals surface area contributed by atoms with E-state index in [1.165, 1.54) is 12.1 Å². The molecule has 2 amide bonds. The second kappa shape index (κ2) is 7.83. The fraction of sp³-hybridized carbons (Fsp3) is 0.611. The van der Waals surface area contributed by atoms with Crippen LogP contribution in [0.3, 0.4) is 0 Å². The van der Waals surface area contributed by atoms with E-state index in [-0.39, 0.29) is 17.9 Å². The Bertz CT molecular complexity index is 550. The first kappa shape index (κ1) is 17.0. The Balaban J connectivity index is 1.39. The summed E-state index contributed by atoms with van der Waals surface area (Å²) >= 11 is 0. The summed E-state index contributed by atoms with van der Waals surface area (Å²) in [6.07, 6.45) is 3.24. The monoisotopic (exact) mass is 334 g/mol. The molecule has 0 spiro atoms. The molecule has 1 aromatic carbocycles. The van der Waals surface area contributed by atoms with E-state index in [2.05, 4.69) is 27.5 Å². The Kier molecular flexibility index (Phi) is 5.56. The van der Waals surface area contributed by atoms with E-state index < -0.39 is 0 Å². The van der Waals surface area contributed by atoms with Gasteiger partial charge in [0, 0.05) is 37.9 Å². The van der Waals surface area contributed by atoms with Crippen molar-refractivity contribution in [3.8, 4) is 0 Å². The third-order valence-electron chi connectivity index (χ3n) is 4.99. The van der Waals surface area contributed by atoms with E-state index in [4.69, 9.17) is 0 Å². The SMILES string of the molecule is CN1CCC[C@@H](NC(=O)NC[C@H]2CCN(c3ccc(F)cc3)C2)C1. The summed E-state index contributed by atoms with van der Waals surface area (Å²) in [5, 5.41) is 6.09. The van der Waals surface area contributed by atoms with E-state index in [9.17, 15) is 9.18 Å². The molecule has 3 rings (SSSR count). The van der Waals surface area contributed by atoms with Gasteiger partial charge in [-0.15, -0.1) is 0 Å². The minimum atomic E-state index is -0.207. The summed E-state index contributed by atoms with van der Waals surface area (Å²) in [7, 11) is 2.09. The number of piperidine rings is 1. The highest BCUT2D eigenvalue weighted by molar-refractivity contribution is 5.74. The first-order valence-corrected chi connectivity index (χ1v) is 8.83. The van der Waals surface area contributed by atoms with E-state index in [0.717, 1.165) is 51.1 Å². The number of nitrogens with one attached hydrogen (secondary N) is 2. The van der Waals surface area contributed by atoms with Gasteiger partial charge in [-0.1, -0.05) is 0 Å². The van der Waals surface area contributed by atoms with E-state index in [0.29, 0.717) is 12.5 Å². The number of halogens is 1. The third-order valence-corrected chi connectivity index (χ3v) is 4.99. The fourth-order valence-corrected chi connectivity index (χ4v) is 3.64. The number of nitrogens with zero attached hydrogens (tertiary/aromatic N) is 2. The highest BCUT2D eigenvalue weighted by atomic mass is 19.1. The third kappa shape index (κ3) is 4.60. The van der Waals surface area contributed by atoms with Crippen molar-refractivity contribution in [1.29, 1.82) is 0 Å². The van der Waals surface area contributed by atoms with Crippen LogP contribution in [0.1, 0.15) is 19.3 Å². The second-order valence-corrected chi connectivity index (χ2v) is 7.03. The lowest BCUT2D eigenvalue weighted by atomic mass is 10.1. The summed E-state index contributed by atoms with van der Waals surface area (Å²) in [4.78, 5) is 16.6. The van der Waals surface area contributed by atoms with Gasteiger partial charge >= 0.3 is 6.03 Å². The van der Waals surface area contributed by atoms with Gasteiger partial charge in [0.1, 0.15) is 5.82 Å². The van der Waals surface area contributed by atoms with Crippen LogP contribution in [0.15, 0.2) is 24.3 Å². The number of hydrogen-bond donors (Lipinski definition) is 2. The number of hydrogen-bond acceptors (Lipinski definition) is 3. The van der Waals surface area contributed by atoms with Crippen LogP contribution in [0.25, 0.3) is 0 Å². The lowest BCUT2D eigenvalue weighted by Crippen LogP contribution is -2.50. The van der Waals surface area contributed by atoms with Gasteiger partial charge in [0.25, 0.3) is 0 Å². The molecule has 0 bridgehead atoms. The predicted octanol–water partition coefficient (Wildman–Crippen LogP) is 2.05. The smallest absolute Gasteiger partial charge is 0.315 e. The van der Waals surface area contributed by atoms with Crippen LogP contribution in [0.2, 0.25) is 0 Å². The van der Waals surface area contributed by atoms with Crippen LogP contribution in [0.5, 0.6) is 0 Å². The minimum absolute atomic E-state index is 0.0597. The summed E-state index contributed by atoms with van der Waals surface area (Å²) in [6.45, 7) is 4.58. The molecule has 2 aliphatic heterocycles. The molecule has 24 heavy (non-hydrogen) atoms. The van der Waals surface area contributed by atoms with Crippen molar-refractivity contribution in [3.63, 3.8) is 0 Å². The molecule has 1 aromatic rings. The largest absolute Gasteiger partial charge is 0.371 e. The van der Waals surface area contributed by atoms with Gasteiger partial charge in [-0.2, -0.15) is 0 Å². The highest BCUT2D eigenvalue weighted by Gasteiger charge is 2.24. The van der Waals surface area contributed by atoms with Gasteiger partial charge in [-0.3, -0.25) is 0 Å². The fourth-order valence-electron chi connectivity index (χ4n) is 3.64. The van der Waals surface area contributed by atoms with Crippen LogP contribution in [-0.2, 0) is 0 Å². The molecular formula is C18H27FN4O. The average molecular weight is 334 g/mol. The number of likely N-dealkylation sites (N-methyl/N-ethyl adjacent to an activating group) is 1. The number of amides is 2.